The highest BCUT2D eigenvalue weighted by Crippen LogP contribution is 2.20. The normalized spacial score (nSPS) is 16.9. The molecule has 0 N–H and O–H groups in total. The minimum atomic E-state index is -0.455. The van der Waals surface area contributed by atoms with Crippen molar-refractivity contribution in [2.24, 2.45) is 0 Å². The minimum absolute atomic E-state index is 0.0869. The van der Waals surface area contributed by atoms with E-state index in [9.17, 15) is 9.59 Å². The molecule has 1 aliphatic heterocycles. The number of ether oxygens (including phenoxy) is 1. The third-order valence-corrected chi connectivity index (χ3v) is 3.68. The molecule has 0 unspecified atom stereocenters. The number of carbonyl (C=O) groups excluding carboxylic acids is 2. The summed E-state index contributed by atoms with van der Waals surface area (Å²) in [5.41, 5.74) is 1.37. The van der Waals surface area contributed by atoms with Crippen molar-refractivity contribution in [3.63, 3.8) is 0 Å². The average molecular weight is 316 g/mol. The fourth-order valence-electron chi connectivity index (χ4n) is 1.98. The Morgan fingerprint density at radius 3 is 2.64 bits per heavy atom. The topological polar surface area (TPSA) is 49.9 Å². The summed E-state index contributed by atoms with van der Waals surface area (Å²) < 4.78 is 4.64. The Bertz CT molecular complexity index is 653. The van der Waals surface area contributed by atoms with E-state index in [1.54, 1.807) is 19.2 Å². The third kappa shape index (κ3) is 3.40. The van der Waals surface area contributed by atoms with Crippen LogP contribution in [-0.2, 0) is 14.3 Å². The molecule has 0 saturated carbocycles. The highest BCUT2D eigenvalue weighted by atomic mass is 32.1. The lowest BCUT2D eigenvalue weighted by Crippen LogP contribution is -2.33. The molecular formula is C16H16N2O3S. The molecule has 6 heteroatoms. The van der Waals surface area contributed by atoms with Crippen LogP contribution < -0.4 is 0 Å². The molecular weight excluding hydrogens is 300 g/mol. The van der Waals surface area contributed by atoms with E-state index in [1.807, 2.05) is 36.4 Å². The second kappa shape index (κ2) is 7.00. The van der Waals surface area contributed by atoms with Gasteiger partial charge in [-0.05, 0) is 23.9 Å². The first-order valence-corrected chi connectivity index (χ1v) is 7.05. The number of methoxy groups -OCH3 is 1. The van der Waals surface area contributed by atoms with Crippen LogP contribution in [0.2, 0.25) is 0 Å². The van der Waals surface area contributed by atoms with Crippen molar-refractivity contribution in [2.45, 2.75) is 0 Å². The molecule has 1 fully saturated rings. The number of benzene rings is 1. The Kier molecular flexibility index (Phi) is 5.06. The van der Waals surface area contributed by atoms with Crippen LogP contribution in [0, 0.1) is 0 Å². The molecule has 114 valence electrons. The van der Waals surface area contributed by atoms with Gasteiger partial charge in [0.1, 0.15) is 12.2 Å². The Hall–Kier alpha value is -2.47. The number of allylic oxidation sites excluding steroid dienone is 2. The smallest absolute Gasteiger partial charge is 0.325 e. The summed E-state index contributed by atoms with van der Waals surface area (Å²) in [6.45, 7) is -0.0869. The molecule has 1 saturated heterocycles. The number of likely N-dealkylation sites (N-methyl/N-ethyl adjacent to an activating group) is 1. The van der Waals surface area contributed by atoms with Gasteiger partial charge in [0.15, 0.2) is 5.11 Å². The van der Waals surface area contributed by atoms with E-state index in [2.05, 4.69) is 4.74 Å². The maximum Gasteiger partial charge on any atom is 0.325 e. The Morgan fingerprint density at radius 1 is 1.32 bits per heavy atom. The van der Waals surface area contributed by atoms with Gasteiger partial charge >= 0.3 is 5.97 Å². The maximum absolute atomic E-state index is 12.2. The number of esters is 1. The summed E-state index contributed by atoms with van der Waals surface area (Å²) in [6, 6.07) is 9.70. The zero-order valence-corrected chi connectivity index (χ0v) is 13.2. The molecule has 1 aromatic rings. The van der Waals surface area contributed by atoms with Gasteiger partial charge in [0.05, 0.1) is 7.11 Å². The van der Waals surface area contributed by atoms with Gasteiger partial charge in [0, 0.05) is 7.05 Å². The van der Waals surface area contributed by atoms with Crippen molar-refractivity contribution >= 4 is 35.3 Å². The first-order chi connectivity index (χ1) is 10.5. The Labute approximate surface area is 134 Å². The molecule has 0 atom stereocenters. The molecule has 5 nitrogen and oxygen atoms in total. The molecule has 0 radical (unpaired) electrons. The number of hydrogen-bond donors (Lipinski definition) is 0. The molecule has 1 aliphatic rings. The molecule has 0 bridgehead atoms. The van der Waals surface area contributed by atoms with Crippen LogP contribution in [0.1, 0.15) is 5.56 Å². The minimum Gasteiger partial charge on any atom is -0.468 e. The van der Waals surface area contributed by atoms with E-state index >= 15 is 0 Å². The van der Waals surface area contributed by atoms with Gasteiger partial charge in [-0.25, -0.2) is 0 Å². The maximum atomic E-state index is 12.2. The number of thiocarbonyl (C=S) groups is 1. The lowest BCUT2D eigenvalue weighted by atomic mass is 10.2. The number of carbonyl (C=O) groups is 2. The van der Waals surface area contributed by atoms with E-state index in [1.165, 1.54) is 16.9 Å². The highest BCUT2D eigenvalue weighted by Gasteiger charge is 2.36. The summed E-state index contributed by atoms with van der Waals surface area (Å²) in [4.78, 5) is 26.5. The van der Waals surface area contributed by atoms with Crippen molar-refractivity contribution in [3.05, 3.63) is 53.7 Å². The SMILES string of the molecule is COC(=O)CN1C(=S)N(C)C(=O)/C1=C/C=C/c1ccccc1. The molecule has 1 amide bonds. The number of amides is 1. The van der Waals surface area contributed by atoms with Gasteiger partial charge in [-0.15, -0.1) is 0 Å². The lowest BCUT2D eigenvalue weighted by Gasteiger charge is -2.16. The van der Waals surface area contributed by atoms with E-state index in [4.69, 9.17) is 12.2 Å². The highest BCUT2D eigenvalue weighted by molar-refractivity contribution is 7.80. The van der Waals surface area contributed by atoms with Crippen molar-refractivity contribution in [1.29, 1.82) is 0 Å². The van der Waals surface area contributed by atoms with Crippen LogP contribution >= 0.6 is 12.2 Å². The van der Waals surface area contributed by atoms with Crippen molar-refractivity contribution < 1.29 is 14.3 Å². The molecule has 1 aromatic carbocycles. The van der Waals surface area contributed by atoms with E-state index < -0.39 is 5.97 Å². The van der Waals surface area contributed by atoms with Gasteiger partial charge in [0.25, 0.3) is 5.91 Å². The van der Waals surface area contributed by atoms with E-state index in [0.29, 0.717) is 5.70 Å². The van der Waals surface area contributed by atoms with Gasteiger partial charge in [0.2, 0.25) is 0 Å². The van der Waals surface area contributed by atoms with Crippen LogP contribution in [0.4, 0.5) is 0 Å². The average Bonchev–Trinajstić information content (AvgIpc) is 2.73. The second-order valence-corrected chi connectivity index (χ2v) is 5.00. The molecule has 0 aliphatic carbocycles. The summed E-state index contributed by atoms with van der Waals surface area (Å²) in [5, 5.41) is 0.287. The molecule has 0 spiro atoms. The monoisotopic (exact) mass is 316 g/mol. The second-order valence-electron chi connectivity index (χ2n) is 4.63. The van der Waals surface area contributed by atoms with Gasteiger partial charge in [-0.1, -0.05) is 42.5 Å². The van der Waals surface area contributed by atoms with Crippen molar-refractivity contribution in [2.75, 3.05) is 20.7 Å². The van der Waals surface area contributed by atoms with Gasteiger partial charge < -0.3 is 9.64 Å². The van der Waals surface area contributed by atoms with Crippen LogP contribution in [-0.4, -0.2) is 47.5 Å². The fraction of sp³-hybridized carbons (Fsp3) is 0.188. The summed E-state index contributed by atoms with van der Waals surface area (Å²) in [5.74, 6) is -0.699. The van der Waals surface area contributed by atoms with Gasteiger partial charge in [-0.2, -0.15) is 0 Å². The zero-order valence-electron chi connectivity index (χ0n) is 12.4. The van der Waals surface area contributed by atoms with Crippen LogP contribution in [0.15, 0.2) is 48.2 Å². The molecule has 1 heterocycles. The van der Waals surface area contributed by atoms with Crippen molar-refractivity contribution in [3.8, 4) is 0 Å². The summed E-state index contributed by atoms with van der Waals surface area (Å²) >= 11 is 5.19. The largest absolute Gasteiger partial charge is 0.468 e. The standard InChI is InChI=1S/C16H16N2O3S/c1-17-15(20)13(18(16(17)22)11-14(19)21-2)10-6-9-12-7-4-3-5-8-12/h3-10H,11H2,1-2H3/b9-6+,13-10-. The Morgan fingerprint density at radius 2 is 2.00 bits per heavy atom. The number of rotatable bonds is 4. The van der Waals surface area contributed by atoms with Gasteiger partial charge in [-0.3, -0.25) is 14.5 Å². The number of hydrogen-bond acceptors (Lipinski definition) is 4. The predicted octanol–water partition coefficient (Wildman–Crippen LogP) is 1.82. The summed E-state index contributed by atoms with van der Waals surface area (Å²) in [6.07, 6.45) is 5.28. The van der Waals surface area contributed by atoms with Crippen molar-refractivity contribution in [1.82, 2.24) is 9.80 Å². The quantitative estimate of drug-likeness (QED) is 0.482. The molecule has 0 aromatic heterocycles. The predicted molar refractivity (Wildman–Crippen MR) is 87.6 cm³/mol. The molecule has 22 heavy (non-hydrogen) atoms. The van der Waals surface area contributed by atoms with E-state index in [0.717, 1.165) is 5.56 Å². The molecule has 2 rings (SSSR count). The Balaban J connectivity index is 2.23. The first kappa shape index (κ1) is 15.9. The van der Waals surface area contributed by atoms with Crippen LogP contribution in [0.25, 0.3) is 6.08 Å². The van der Waals surface area contributed by atoms with Crippen LogP contribution in [0.5, 0.6) is 0 Å². The van der Waals surface area contributed by atoms with E-state index in [-0.39, 0.29) is 17.6 Å². The third-order valence-electron chi connectivity index (χ3n) is 3.19. The fourth-order valence-corrected chi connectivity index (χ4v) is 2.23. The lowest BCUT2D eigenvalue weighted by molar-refractivity contribution is -0.140. The first-order valence-electron chi connectivity index (χ1n) is 6.64. The zero-order chi connectivity index (χ0) is 16.1. The summed E-state index contributed by atoms with van der Waals surface area (Å²) in [7, 11) is 2.88. The number of nitrogens with zero attached hydrogens (tertiary/aromatic N) is 2. The van der Waals surface area contributed by atoms with Crippen LogP contribution in [0.3, 0.4) is 0 Å².